The van der Waals surface area contributed by atoms with Crippen molar-refractivity contribution in [1.29, 1.82) is 5.41 Å². The van der Waals surface area contributed by atoms with Crippen LogP contribution in [0.4, 0.5) is 0 Å². The Hall–Kier alpha value is -1.70. The molecule has 0 atom stereocenters. The first-order chi connectivity index (χ1) is 5.83. The normalized spacial score (nSPS) is 7.42. The summed E-state index contributed by atoms with van der Waals surface area (Å²) < 4.78 is 4.83. The number of hydrogen-bond acceptors (Lipinski definition) is 5. The van der Waals surface area contributed by atoms with E-state index in [1.165, 1.54) is 6.08 Å². The lowest BCUT2D eigenvalue weighted by atomic mass is 10.7. The highest BCUT2D eigenvalue weighted by atomic mass is 16.5. The van der Waals surface area contributed by atoms with Crippen LogP contribution in [0.3, 0.4) is 0 Å². The number of ether oxygens (including phenoxy) is 1. The zero-order valence-electron chi connectivity index (χ0n) is 6.74. The zero-order chi connectivity index (χ0) is 9.66. The minimum absolute atomic E-state index is 0.383. The van der Waals surface area contributed by atoms with Gasteiger partial charge in [0.25, 0.3) is 0 Å². The molecule has 0 unspecified atom stereocenters. The SMILES string of the molecule is CC=COCCN=C=O.N=C=O. The first-order valence-electron chi connectivity index (χ1n) is 3.13. The maximum atomic E-state index is 9.47. The fraction of sp³-hybridized carbons (Fsp3) is 0.429. The highest BCUT2D eigenvalue weighted by Crippen LogP contribution is 1.76. The molecular weight excluding hydrogens is 160 g/mol. The molecule has 0 aliphatic carbocycles. The van der Waals surface area contributed by atoms with Crippen LogP contribution in [0.15, 0.2) is 17.3 Å². The molecule has 0 spiro atoms. The van der Waals surface area contributed by atoms with E-state index in [0.717, 1.165) is 6.08 Å². The van der Waals surface area contributed by atoms with E-state index < -0.39 is 0 Å². The predicted molar refractivity (Wildman–Crippen MR) is 42.2 cm³/mol. The Morgan fingerprint density at radius 1 is 1.58 bits per heavy atom. The second kappa shape index (κ2) is 16.1. The van der Waals surface area contributed by atoms with E-state index >= 15 is 0 Å². The molecule has 5 nitrogen and oxygen atoms in total. The van der Waals surface area contributed by atoms with Crippen molar-refractivity contribution in [2.24, 2.45) is 4.99 Å². The number of hydrogen-bond donors (Lipinski definition) is 1. The molecule has 0 aliphatic heterocycles. The Balaban J connectivity index is 0. The summed E-state index contributed by atoms with van der Waals surface area (Å²) in [6.07, 6.45) is 5.49. The van der Waals surface area contributed by atoms with E-state index in [1.807, 2.05) is 6.92 Å². The summed E-state index contributed by atoms with van der Waals surface area (Å²) in [4.78, 5) is 21.1. The Bertz CT molecular complexity index is 189. The summed E-state index contributed by atoms with van der Waals surface area (Å²) in [5, 5.41) is 5.40. The summed E-state index contributed by atoms with van der Waals surface area (Å²) >= 11 is 0. The number of rotatable bonds is 4. The van der Waals surface area contributed by atoms with Crippen LogP contribution in [0.1, 0.15) is 6.92 Å². The van der Waals surface area contributed by atoms with Gasteiger partial charge in [0.1, 0.15) is 6.61 Å². The van der Waals surface area contributed by atoms with E-state index in [-0.39, 0.29) is 0 Å². The second-order valence-electron chi connectivity index (χ2n) is 1.42. The van der Waals surface area contributed by atoms with Crippen molar-refractivity contribution < 1.29 is 14.3 Å². The first kappa shape index (κ1) is 12.9. The summed E-state index contributed by atoms with van der Waals surface area (Å²) in [6, 6.07) is 0. The van der Waals surface area contributed by atoms with Crippen molar-refractivity contribution in [3.8, 4) is 0 Å². The number of allylic oxidation sites excluding steroid dienone is 1. The summed E-state index contributed by atoms with van der Waals surface area (Å²) in [5.74, 6) is 0. The van der Waals surface area contributed by atoms with E-state index in [9.17, 15) is 4.79 Å². The standard InChI is InChI=1S/C6H9NO2.CHNO/c1-2-4-9-5-3-7-6-8;2-1-3/h2,4H,3,5H2,1H3;2H. The van der Waals surface area contributed by atoms with E-state index in [0.29, 0.717) is 13.2 Å². The molecule has 0 aliphatic rings. The van der Waals surface area contributed by atoms with Crippen LogP contribution < -0.4 is 0 Å². The average Bonchev–Trinajstić information content (AvgIpc) is 2.06. The van der Waals surface area contributed by atoms with Crippen molar-refractivity contribution >= 4 is 12.2 Å². The molecule has 0 saturated carbocycles. The van der Waals surface area contributed by atoms with Gasteiger partial charge in [0.2, 0.25) is 12.2 Å². The second-order valence-corrected chi connectivity index (χ2v) is 1.42. The molecule has 0 rings (SSSR count). The molecule has 1 N–H and O–H groups in total. The van der Waals surface area contributed by atoms with Crippen LogP contribution in [-0.4, -0.2) is 25.3 Å². The van der Waals surface area contributed by atoms with Gasteiger partial charge in [-0.1, -0.05) is 6.08 Å². The van der Waals surface area contributed by atoms with Crippen LogP contribution in [0.25, 0.3) is 0 Å². The fourth-order valence-corrected chi connectivity index (χ4v) is 0.308. The Labute approximate surface area is 70.3 Å². The number of nitrogens with one attached hydrogen (secondary N) is 1. The van der Waals surface area contributed by atoms with Crippen molar-refractivity contribution in [3.63, 3.8) is 0 Å². The molecule has 0 aromatic heterocycles. The minimum Gasteiger partial charge on any atom is -0.500 e. The average molecular weight is 170 g/mol. The molecule has 0 radical (unpaired) electrons. The Morgan fingerprint density at radius 2 is 2.17 bits per heavy atom. The van der Waals surface area contributed by atoms with E-state index in [4.69, 9.17) is 14.9 Å². The van der Waals surface area contributed by atoms with Gasteiger partial charge in [0.15, 0.2) is 0 Å². The van der Waals surface area contributed by atoms with Crippen LogP contribution >= 0.6 is 0 Å². The van der Waals surface area contributed by atoms with Gasteiger partial charge in [0.05, 0.1) is 12.8 Å². The molecule has 0 aromatic carbocycles. The molecule has 0 aromatic rings. The molecule has 12 heavy (non-hydrogen) atoms. The topological polar surface area (TPSA) is 79.6 Å². The number of carbonyl (C=O) groups excluding carboxylic acids is 2. The van der Waals surface area contributed by atoms with Crippen LogP contribution in [-0.2, 0) is 14.3 Å². The van der Waals surface area contributed by atoms with E-state index in [1.54, 1.807) is 12.3 Å². The smallest absolute Gasteiger partial charge is 0.235 e. The molecule has 0 heterocycles. The van der Waals surface area contributed by atoms with Gasteiger partial charge >= 0.3 is 0 Å². The summed E-state index contributed by atoms with van der Waals surface area (Å²) in [5.41, 5.74) is 0. The lowest BCUT2D eigenvalue weighted by Crippen LogP contribution is -1.90. The third-order valence-electron chi connectivity index (χ3n) is 0.618. The minimum atomic E-state index is 0.383. The third-order valence-corrected chi connectivity index (χ3v) is 0.618. The predicted octanol–water partition coefficient (Wildman–Crippen LogP) is 0.773. The van der Waals surface area contributed by atoms with Gasteiger partial charge in [-0.2, -0.15) is 0 Å². The third kappa shape index (κ3) is 23.9. The molecule has 5 heteroatoms. The van der Waals surface area contributed by atoms with Crippen molar-refractivity contribution in [2.45, 2.75) is 6.92 Å². The van der Waals surface area contributed by atoms with Crippen LogP contribution in [0.2, 0.25) is 0 Å². The van der Waals surface area contributed by atoms with Gasteiger partial charge in [0, 0.05) is 0 Å². The highest BCUT2D eigenvalue weighted by molar-refractivity contribution is 5.32. The quantitative estimate of drug-likeness (QED) is 0.293. The molecule has 0 saturated heterocycles. The van der Waals surface area contributed by atoms with Crippen molar-refractivity contribution in [3.05, 3.63) is 12.3 Å². The maximum absolute atomic E-state index is 9.47. The highest BCUT2D eigenvalue weighted by Gasteiger charge is 1.76. The van der Waals surface area contributed by atoms with Gasteiger partial charge in [-0.3, -0.25) is 0 Å². The maximum Gasteiger partial charge on any atom is 0.235 e. The van der Waals surface area contributed by atoms with E-state index in [2.05, 4.69) is 4.99 Å². The number of isocyanates is 2. The number of aliphatic imine (C=N–C) groups is 1. The van der Waals surface area contributed by atoms with Crippen molar-refractivity contribution in [2.75, 3.05) is 13.2 Å². The number of nitrogens with zero attached hydrogens (tertiary/aromatic N) is 1. The molecule has 0 amide bonds. The van der Waals surface area contributed by atoms with Gasteiger partial charge in [-0.05, 0) is 6.92 Å². The monoisotopic (exact) mass is 170 g/mol. The largest absolute Gasteiger partial charge is 0.500 e. The van der Waals surface area contributed by atoms with Crippen LogP contribution in [0, 0.1) is 5.41 Å². The summed E-state index contributed by atoms with van der Waals surface area (Å²) in [6.45, 7) is 2.68. The van der Waals surface area contributed by atoms with Gasteiger partial charge in [-0.25, -0.2) is 20.0 Å². The molecular formula is C7H10N2O3. The lowest BCUT2D eigenvalue weighted by Gasteiger charge is -1.91. The molecule has 66 valence electrons. The Kier molecular flexibility index (Phi) is 17.4. The molecule has 0 fully saturated rings. The fourth-order valence-electron chi connectivity index (χ4n) is 0.308. The zero-order valence-corrected chi connectivity index (χ0v) is 6.74. The first-order valence-corrected chi connectivity index (χ1v) is 3.13. The van der Waals surface area contributed by atoms with Crippen molar-refractivity contribution in [1.82, 2.24) is 0 Å². The lowest BCUT2D eigenvalue weighted by molar-refractivity contribution is 0.259. The molecule has 0 bridgehead atoms. The summed E-state index contributed by atoms with van der Waals surface area (Å²) in [7, 11) is 0. The van der Waals surface area contributed by atoms with Crippen LogP contribution in [0.5, 0.6) is 0 Å². The Morgan fingerprint density at radius 3 is 2.58 bits per heavy atom. The van der Waals surface area contributed by atoms with Gasteiger partial charge in [-0.15, -0.1) is 0 Å². The van der Waals surface area contributed by atoms with Gasteiger partial charge < -0.3 is 4.74 Å².